The summed E-state index contributed by atoms with van der Waals surface area (Å²) in [5.41, 5.74) is -0.475. The van der Waals surface area contributed by atoms with Crippen LogP contribution in [0.5, 0.6) is 0 Å². The number of aliphatic hydroxyl groups is 4. The van der Waals surface area contributed by atoms with Crippen molar-refractivity contribution >= 4 is 5.71 Å². The molecular weight excluding hydrogens is 182 g/mol. The zero-order valence-corrected chi connectivity index (χ0v) is 6.61. The lowest BCUT2D eigenvalue weighted by atomic mass is 10.0. The summed E-state index contributed by atoms with van der Waals surface area (Å²) >= 11 is 0. The molecule has 1 heterocycles. The van der Waals surface area contributed by atoms with E-state index in [1.807, 2.05) is 0 Å². The molecule has 0 amide bonds. The number of hydrogen-bond donors (Lipinski definition) is 5. The van der Waals surface area contributed by atoms with Gasteiger partial charge in [-0.25, -0.2) is 0 Å². The van der Waals surface area contributed by atoms with Crippen molar-refractivity contribution in [2.24, 2.45) is 5.16 Å². The van der Waals surface area contributed by atoms with E-state index in [-0.39, 0.29) is 0 Å². The van der Waals surface area contributed by atoms with E-state index in [0.29, 0.717) is 0 Å². The summed E-state index contributed by atoms with van der Waals surface area (Å²) in [6.45, 7) is -0.548. The molecule has 0 aromatic rings. The fourth-order valence-electron chi connectivity index (χ4n) is 1.10. The topological polar surface area (TPSA) is 123 Å². The molecule has 13 heavy (non-hydrogen) atoms. The highest BCUT2D eigenvalue weighted by atomic mass is 16.6. The summed E-state index contributed by atoms with van der Waals surface area (Å²) in [5, 5.41) is 47.0. The van der Waals surface area contributed by atoms with E-state index < -0.39 is 36.9 Å². The molecule has 1 rings (SSSR count). The predicted molar refractivity (Wildman–Crippen MR) is 39.2 cm³/mol. The molecule has 0 spiro atoms. The number of aliphatic hydroxyl groups excluding tert-OH is 4. The van der Waals surface area contributed by atoms with Gasteiger partial charge in [0.2, 0.25) is 6.29 Å². The van der Waals surface area contributed by atoms with Gasteiger partial charge in [-0.1, -0.05) is 5.16 Å². The van der Waals surface area contributed by atoms with Crippen LogP contribution in [0.4, 0.5) is 0 Å². The molecule has 1 saturated heterocycles. The van der Waals surface area contributed by atoms with Crippen LogP contribution < -0.4 is 0 Å². The highest BCUT2D eigenvalue weighted by molar-refractivity contribution is 5.92. The minimum atomic E-state index is -1.61. The summed E-state index contributed by atoms with van der Waals surface area (Å²) in [5.74, 6) is 0. The van der Waals surface area contributed by atoms with Gasteiger partial charge in [0, 0.05) is 0 Å². The molecule has 5 N–H and O–H groups in total. The van der Waals surface area contributed by atoms with Gasteiger partial charge in [-0.05, 0) is 0 Å². The summed E-state index contributed by atoms with van der Waals surface area (Å²) < 4.78 is 4.63. The van der Waals surface area contributed by atoms with Crippen molar-refractivity contribution < 1.29 is 30.4 Å². The lowest BCUT2D eigenvalue weighted by molar-refractivity contribution is -0.182. The van der Waals surface area contributed by atoms with Crippen LogP contribution in [0, 0.1) is 0 Å². The van der Waals surface area contributed by atoms with Gasteiger partial charge < -0.3 is 30.4 Å². The van der Waals surface area contributed by atoms with Crippen molar-refractivity contribution in [1.82, 2.24) is 0 Å². The third-order valence-electron chi connectivity index (χ3n) is 1.86. The van der Waals surface area contributed by atoms with Crippen LogP contribution in [0.2, 0.25) is 0 Å². The van der Waals surface area contributed by atoms with Crippen LogP contribution in [-0.4, -0.2) is 62.6 Å². The maximum atomic E-state index is 9.22. The maximum Gasteiger partial charge on any atom is 0.201 e. The molecule has 7 heteroatoms. The largest absolute Gasteiger partial charge is 0.411 e. The van der Waals surface area contributed by atoms with Crippen molar-refractivity contribution in [3.8, 4) is 0 Å². The van der Waals surface area contributed by atoms with E-state index in [1.54, 1.807) is 0 Å². The zero-order valence-electron chi connectivity index (χ0n) is 6.61. The first-order valence-corrected chi connectivity index (χ1v) is 3.64. The Morgan fingerprint density at radius 1 is 1.31 bits per heavy atom. The van der Waals surface area contributed by atoms with Crippen molar-refractivity contribution in [2.45, 2.75) is 24.6 Å². The zero-order chi connectivity index (χ0) is 10.0. The highest BCUT2D eigenvalue weighted by Gasteiger charge is 2.41. The summed E-state index contributed by atoms with van der Waals surface area (Å²) in [6, 6.07) is 0. The van der Waals surface area contributed by atoms with E-state index in [1.165, 1.54) is 0 Å². The van der Waals surface area contributed by atoms with Crippen LogP contribution in [0.25, 0.3) is 0 Å². The predicted octanol–water partition coefficient (Wildman–Crippen LogP) is -2.75. The van der Waals surface area contributed by atoms with Crippen LogP contribution in [0.15, 0.2) is 5.16 Å². The van der Waals surface area contributed by atoms with Gasteiger partial charge in [0.05, 0.1) is 6.61 Å². The monoisotopic (exact) mass is 193 g/mol. The van der Waals surface area contributed by atoms with Crippen LogP contribution >= 0.6 is 0 Å². The minimum Gasteiger partial charge on any atom is -0.411 e. The third kappa shape index (κ3) is 1.79. The van der Waals surface area contributed by atoms with E-state index in [4.69, 9.17) is 15.4 Å². The Labute approximate surface area is 73.5 Å². The molecule has 1 fully saturated rings. The van der Waals surface area contributed by atoms with Gasteiger partial charge in [-0.3, -0.25) is 0 Å². The number of nitrogens with zero attached hydrogens (tertiary/aromatic N) is 1. The van der Waals surface area contributed by atoms with Gasteiger partial charge in [0.15, 0.2) is 0 Å². The first kappa shape index (κ1) is 10.4. The summed E-state index contributed by atoms with van der Waals surface area (Å²) in [6.07, 6.45) is -5.65. The molecule has 1 aliphatic rings. The molecule has 0 bridgehead atoms. The Balaban J connectivity index is 2.79. The van der Waals surface area contributed by atoms with E-state index in [0.717, 1.165) is 0 Å². The Hall–Kier alpha value is -0.730. The molecule has 0 aromatic heterocycles. The molecule has 0 aliphatic carbocycles. The van der Waals surface area contributed by atoms with E-state index in [2.05, 4.69) is 9.89 Å². The van der Waals surface area contributed by atoms with E-state index >= 15 is 0 Å². The highest BCUT2D eigenvalue weighted by Crippen LogP contribution is 2.16. The van der Waals surface area contributed by atoms with Crippen LogP contribution in [0.3, 0.4) is 0 Å². The smallest absolute Gasteiger partial charge is 0.201 e. The van der Waals surface area contributed by atoms with Crippen molar-refractivity contribution in [1.29, 1.82) is 0 Å². The molecule has 0 radical (unpaired) electrons. The second kappa shape index (κ2) is 3.99. The van der Waals surface area contributed by atoms with Gasteiger partial charge in [-0.2, -0.15) is 0 Å². The Morgan fingerprint density at radius 3 is 2.38 bits per heavy atom. The standard InChI is InChI=1S/C6H11NO6/c8-1-2-4(9)5(10)3(7-12)6(11)13-2/h2,4-6,8-12H,1H2/t2-,4-,5+,6?/m1/s1. The summed E-state index contributed by atoms with van der Waals surface area (Å²) in [4.78, 5) is 0. The molecule has 7 nitrogen and oxygen atoms in total. The van der Waals surface area contributed by atoms with E-state index in [9.17, 15) is 10.2 Å². The Bertz CT molecular complexity index is 207. The lowest BCUT2D eigenvalue weighted by Crippen LogP contribution is -2.56. The normalized spacial score (nSPS) is 43.8. The maximum absolute atomic E-state index is 9.22. The third-order valence-corrected chi connectivity index (χ3v) is 1.86. The fourth-order valence-corrected chi connectivity index (χ4v) is 1.10. The second-order valence-corrected chi connectivity index (χ2v) is 2.67. The first-order valence-electron chi connectivity index (χ1n) is 3.64. The number of rotatable bonds is 1. The van der Waals surface area contributed by atoms with Crippen LogP contribution in [-0.2, 0) is 4.74 Å². The van der Waals surface area contributed by atoms with Crippen LogP contribution in [0.1, 0.15) is 0 Å². The molecule has 76 valence electrons. The SMILES string of the molecule is OC[C@H]1OC(O)C(=NO)[C@H](O)[C@@H]1O. The van der Waals surface area contributed by atoms with Crippen molar-refractivity contribution in [2.75, 3.05) is 6.61 Å². The average molecular weight is 193 g/mol. The summed E-state index contributed by atoms with van der Waals surface area (Å²) in [7, 11) is 0. The molecule has 0 aromatic carbocycles. The van der Waals surface area contributed by atoms with Crippen molar-refractivity contribution in [3.63, 3.8) is 0 Å². The second-order valence-electron chi connectivity index (χ2n) is 2.67. The molecular formula is C6H11NO6. The molecule has 0 saturated carbocycles. The molecule has 1 unspecified atom stereocenters. The number of hydrogen-bond acceptors (Lipinski definition) is 7. The van der Waals surface area contributed by atoms with Gasteiger partial charge in [0.1, 0.15) is 24.0 Å². The lowest BCUT2D eigenvalue weighted by Gasteiger charge is -2.34. The molecule has 4 atom stereocenters. The van der Waals surface area contributed by atoms with Gasteiger partial charge >= 0.3 is 0 Å². The average Bonchev–Trinajstić information content (AvgIpc) is 2.12. The fraction of sp³-hybridized carbons (Fsp3) is 0.833. The number of oxime groups is 1. The van der Waals surface area contributed by atoms with Gasteiger partial charge in [-0.15, -0.1) is 0 Å². The Kier molecular flexibility index (Phi) is 3.17. The first-order chi connectivity index (χ1) is 6.11. The van der Waals surface area contributed by atoms with Crippen molar-refractivity contribution in [3.05, 3.63) is 0 Å². The number of ether oxygens (including phenoxy) is 1. The molecule has 1 aliphatic heterocycles. The quantitative estimate of drug-likeness (QED) is 0.227. The van der Waals surface area contributed by atoms with Gasteiger partial charge in [0.25, 0.3) is 0 Å². The minimum absolute atomic E-state index is 0.475. The Morgan fingerprint density at radius 2 is 1.92 bits per heavy atom.